The fourth-order valence-corrected chi connectivity index (χ4v) is 2.54. The van der Waals surface area contributed by atoms with Crippen LogP contribution in [0.5, 0.6) is 0 Å². The van der Waals surface area contributed by atoms with Crippen molar-refractivity contribution in [1.29, 1.82) is 0 Å². The molecule has 0 radical (unpaired) electrons. The Balaban J connectivity index is 0.000000956. The molecule has 0 N–H and O–H groups in total. The monoisotopic (exact) mass is 294 g/mol. The van der Waals surface area contributed by atoms with Gasteiger partial charge in [-0.3, -0.25) is 4.90 Å². The van der Waals surface area contributed by atoms with Gasteiger partial charge in [-0.15, -0.1) is 11.3 Å². The van der Waals surface area contributed by atoms with Crippen molar-refractivity contribution < 1.29 is 4.39 Å². The maximum atomic E-state index is 12.7. The summed E-state index contributed by atoms with van der Waals surface area (Å²) < 4.78 is 12.7. The Hall–Kier alpha value is -1.26. The molecular weight excluding hydrogens is 271 g/mol. The summed E-state index contributed by atoms with van der Waals surface area (Å²) in [4.78, 5) is 6.53. The number of thiazole rings is 1. The number of benzene rings is 1. The second-order valence-electron chi connectivity index (χ2n) is 4.39. The maximum Gasteiger partial charge on any atom is 0.123 e. The van der Waals surface area contributed by atoms with Crippen molar-refractivity contribution in [2.75, 3.05) is 13.6 Å². The van der Waals surface area contributed by atoms with E-state index >= 15 is 0 Å². The summed E-state index contributed by atoms with van der Waals surface area (Å²) in [5.41, 5.74) is 1.19. The van der Waals surface area contributed by atoms with Crippen molar-refractivity contribution >= 4 is 11.3 Å². The van der Waals surface area contributed by atoms with E-state index in [9.17, 15) is 4.39 Å². The average Bonchev–Trinajstić information content (AvgIpc) is 2.96. The first-order chi connectivity index (χ1) is 9.74. The molecule has 2 rings (SSSR count). The molecule has 0 spiro atoms. The van der Waals surface area contributed by atoms with E-state index in [2.05, 4.69) is 16.9 Å². The van der Waals surface area contributed by atoms with Gasteiger partial charge in [-0.2, -0.15) is 0 Å². The third-order valence-corrected chi connectivity index (χ3v) is 3.57. The minimum absolute atomic E-state index is 0.167. The Morgan fingerprint density at radius 2 is 1.90 bits per heavy atom. The summed E-state index contributed by atoms with van der Waals surface area (Å²) in [7, 11) is 2.10. The van der Waals surface area contributed by atoms with E-state index in [-0.39, 0.29) is 5.82 Å². The molecule has 1 aromatic carbocycles. The summed E-state index contributed by atoms with van der Waals surface area (Å²) in [5, 5.41) is 3.15. The molecule has 2 aromatic rings. The third-order valence-electron chi connectivity index (χ3n) is 2.81. The SMILES string of the molecule is CC.CN(CCCc1ccc(F)cc1)Cc1nccs1. The first-order valence-electron chi connectivity index (χ1n) is 7.05. The molecule has 2 nitrogen and oxygen atoms in total. The van der Waals surface area contributed by atoms with Crippen LogP contribution in [0.25, 0.3) is 0 Å². The second kappa shape index (κ2) is 9.61. The maximum absolute atomic E-state index is 12.7. The fourth-order valence-electron chi connectivity index (χ4n) is 1.85. The normalized spacial score (nSPS) is 10.2. The topological polar surface area (TPSA) is 16.1 Å². The van der Waals surface area contributed by atoms with Crippen LogP contribution in [0.4, 0.5) is 4.39 Å². The van der Waals surface area contributed by atoms with Gasteiger partial charge in [0.1, 0.15) is 10.8 Å². The standard InChI is InChI=1S/C14H17FN2S.C2H6/c1-17(11-14-16-8-10-18-14)9-2-3-12-4-6-13(15)7-5-12;1-2/h4-8,10H,2-3,9,11H2,1H3;1-2H3. The minimum atomic E-state index is -0.167. The lowest BCUT2D eigenvalue weighted by atomic mass is 10.1. The number of hydrogen-bond acceptors (Lipinski definition) is 3. The van der Waals surface area contributed by atoms with Gasteiger partial charge < -0.3 is 0 Å². The van der Waals surface area contributed by atoms with Crippen LogP contribution in [0.15, 0.2) is 35.8 Å². The molecule has 0 saturated heterocycles. The van der Waals surface area contributed by atoms with Crippen molar-refractivity contribution in [2.24, 2.45) is 0 Å². The molecule has 0 bridgehead atoms. The van der Waals surface area contributed by atoms with E-state index in [1.165, 1.54) is 17.7 Å². The molecule has 1 heterocycles. The summed E-state index contributed by atoms with van der Waals surface area (Å²) in [6.07, 6.45) is 3.91. The van der Waals surface area contributed by atoms with Crippen LogP contribution >= 0.6 is 11.3 Å². The highest BCUT2D eigenvalue weighted by Crippen LogP contribution is 2.09. The molecule has 0 aliphatic rings. The van der Waals surface area contributed by atoms with Crippen molar-refractivity contribution in [3.63, 3.8) is 0 Å². The van der Waals surface area contributed by atoms with Crippen LogP contribution in [-0.4, -0.2) is 23.5 Å². The predicted octanol–water partition coefficient (Wildman–Crippen LogP) is 4.37. The highest BCUT2D eigenvalue weighted by molar-refractivity contribution is 7.09. The van der Waals surface area contributed by atoms with E-state index in [0.29, 0.717) is 0 Å². The van der Waals surface area contributed by atoms with E-state index in [1.54, 1.807) is 11.3 Å². The Bertz CT molecular complexity index is 454. The lowest BCUT2D eigenvalue weighted by Gasteiger charge is -2.14. The van der Waals surface area contributed by atoms with Crippen LogP contribution in [-0.2, 0) is 13.0 Å². The zero-order chi connectivity index (χ0) is 14.8. The van der Waals surface area contributed by atoms with Crippen LogP contribution in [0.1, 0.15) is 30.8 Å². The molecule has 110 valence electrons. The Morgan fingerprint density at radius 1 is 1.20 bits per heavy atom. The third kappa shape index (κ3) is 6.26. The Labute approximate surface area is 125 Å². The second-order valence-corrected chi connectivity index (χ2v) is 5.37. The number of halogens is 1. The van der Waals surface area contributed by atoms with Crippen molar-refractivity contribution in [3.05, 3.63) is 52.2 Å². The van der Waals surface area contributed by atoms with E-state index < -0.39 is 0 Å². The van der Waals surface area contributed by atoms with Gasteiger partial charge in [-0.05, 0) is 44.1 Å². The van der Waals surface area contributed by atoms with Crippen LogP contribution in [0.2, 0.25) is 0 Å². The number of rotatable bonds is 6. The van der Waals surface area contributed by atoms with Gasteiger partial charge in [-0.25, -0.2) is 9.37 Å². The van der Waals surface area contributed by atoms with Crippen molar-refractivity contribution in [2.45, 2.75) is 33.2 Å². The van der Waals surface area contributed by atoms with Crippen LogP contribution < -0.4 is 0 Å². The summed E-state index contributed by atoms with van der Waals surface area (Å²) >= 11 is 1.69. The smallest absolute Gasteiger partial charge is 0.123 e. The quantitative estimate of drug-likeness (QED) is 0.786. The van der Waals surface area contributed by atoms with Gasteiger partial charge in [0.15, 0.2) is 0 Å². The van der Waals surface area contributed by atoms with E-state index in [4.69, 9.17) is 0 Å². The number of nitrogens with zero attached hydrogens (tertiary/aromatic N) is 2. The first-order valence-corrected chi connectivity index (χ1v) is 7.93. The van der Waals surface area contributed by atoms with Gasteiger partial charge in [0.2, 0.25) is 0 Å². The molecule has 20 heavy (non-hydrogen) atoms. The average molecular weight is 294 g/mol. The number of aromatic nitrogens is 1. The molecule has 0 aliphatic carbocycles. The number of hydrogen-bond donors (Lipinski definition) is 0. The Morgan fingerprint density at radius 3 is 2.50 bits per heavy atom. The molecule has 0 unspecified atom stereocenters. The van der Waals surface area contributed by atoms with Crippen LogP contribution in [0, 0.1) is 5.82 Å². The molecule has 0 saturated carbocycles. The van der Waals surface area contributed by atoms with E-state index in [1.807, 2.05) is 37.6 Å². The van der Waals surface area contributed by atoms with Gasteiger partial charge in [0.25, 0.3) is 0 Å². The van der Waals surface area contributed by atoms with Gasteiger partial charge in [-0.1, -0.05) is 26.0 Å². The predicted molar refractivity (Wildman–Crippen MR) is 84.5 cm³/mol. The van der Waals surface area contributed by atoms with E-state index in [0.717, 1.165) is 30.9 Å². The number of aryl methyl sites for hydroxylation is 1. The van der Waals surface area contributed by atoms with Gasteiger partial charge >= 0.3 is 0 Å². The van der Waals surface area contributed by atoms with Crippen molar-refractivity contribution in [1.82, 2.24) is 9.88 Å². The lowest BCUT2D eigenvalue weighted by molar-refractivity contribution is 0.321. The summed E-state index contributed by atoms with van der Waals surface area (Å²) in [6.45, 7) is 5.93. The molecule has 4 heteroatoms. The minimum Gasteiger partial charge on any atom is -0.300 e. The van der Waals surface area contributed by atoms with Crippen molar-refractivity contribution in [3.8, 4) is 0 Å². The highest BCUT2D eigenvalue weighted by Gasteiger charge is 2.02. The largest absolute Gasteiger partial charge is 0.300 e. The van der Waals surface area contributed by atoms with Gasteiger partial charge in [0, 0.05) is 11.6 Å². The molecule has 1 aromatic heterocycles. The molecular formula is C16H23FN2S. The molecule has 0 amide bonds. The Kier molecular flexibility index (Phi) is 8.07. The van der Waals surface area contributed by atoms with Crippen LogP contribution in [0.3, 0.4) is 0 Å². The van der Waals surface area contributed by atoms with Gasteiger partial charge in [0.05, 0.1) is 6.54 Å². The molecule has 0 atom stereocenters. The molecule has 0 aliphatic heterocycles. The highest BCUT2D eigenvalue weighted by atomic mass is 32.1. The zero-order valence-electron chi connectivity index (χ0n) is 12.5. The lowest BCUT2D eigenvalue weighted by Crippen LogP contribution is -2.19. The zero-order valence-corrected chi connectivity index (χ0v) is 13.3. The summed E-state index contributed by atoms with van der Waals surface area (Å²) in [5.74, 6) is -0.167. The fraction of sp³-hybridized carbons (Fsp3) is 0.438. The summed E-state index contributed by atoms with van der Waals surface area (Å²) in [6, 6.07) is 6.76. The molecule has 0 fully saturated rings. The first kappa shape index (κ1) is 16.8.